The minimum Gasteiger partial charge on any atom is -0.385 e. The molecular formula is C22H27NO2S2. The van der Waals surface area contributed by atoms with Crippen LogP contribution in [0.15, 0.2) is 58.8 Å². The number of hydrogen-bond acceptors (Lipinski definition) is 4. The fraction of sp³-hybridized carbons (Fsp3) is 0.364. The summed E-state index contributed by atoms with van der Waals surface area (Å²) in [4.78, 5) is 2.40. The van der Waals surface area contributed by atoms with Crippen LogP contribution in [0.4, 0.5) is 0 Å². The van der Waals surface area contributed by atoms with Crippen LogP contribution in [0.3, 0.4) is 0 Å². The fourth-order valence-electron chi connectivity index (χ4n) is 3.50. The second-order valence-corrected chi connectivity index (χ2v) is 9.49. The van der Waals surface area contributed by atoms with Gasteiger partial charge in [-0.15, -0.1) is 11.8 Å². The molecule has 1 atom stereocenters. The third-order valence-electron chi connectivity index (χ3n) is 5.15. The first kappa shape index (κ1) is 20.3. The van der Waals surface area contributed by atoms with E-state index in [9.17, 15) is 9.32 Å². The van der Waals surface area contributed by atoms with Crippen molar-refractivity contribution in [1.82, 2.24) is 4.90 Å². The van der Waals surface area contributed by atoms with Gasteiger partial charge in [-0.25, -0.2) is 0 Å². The van der Waals surface area contributed by atoms with E-state index in [1.165, 1.54) is 17.3 Å². The van der Waals surface area contributed by atoms with Crippen molar-refractivity contribution < 1.29 is 9.32 Å². The van der Waals surface area contributed by atoms with Gasteiger partial charge in [-0.3, -0.25) is 9.11 Å². The van der Waals surface area contributed by atoms with Crippen LogP contribution < -0.4 is 0 Å². The molecular weight excluding hydrogens is 374 g/mol. The number of piperidine rings is 1. The van der Waals surface area contributed by atoms with Crippen molar-refractivity contribution in [2.24, 2.45) is 0 Å². The maximum Gasteiger partial charge on any atom is 0.0920 e. The van der Waals surface area contributed by atoms with Gasteiger partial charge in [-0.2, -0.15) is 0 Å². The normalized spacial score (nSPS) is 19.0. The molecule has 2 aromatic rings. The molecule has 1 aliphatic heterocycles. The summed E-state index contributed by atoms with van der Waals surface area (Å²) in [7, 11) is -0.974. The Hall–Kier alpha value is -1.40. The van der Waals surface area contributed by atoms with Crippen LogP contribution in [0.5, 0.6) is 0 Å². The lowest BCUT2D eigenvalue weighted by Crippen LogP contribution is -2.42. The number of likely N-dealkylation sites (tertiary alicyclic amines) is 1. The molecule has 27 heavy (non-hydrogen) atoms. The first-order valence-electron chi connectivity index (χ1n) is 9.18. The molecule has 1 fully saturated rings. The summed E-state index contributed by atoms with van der Waals surface area (Å²) >= 11 is 1.51. The molecule has 2 aromatic carbocycles. The number of hydrogen-bond donors (Lipinski definition) is 1. The smallest absolute Gasteiger partial charge is 0.0920 e. The van der Waals surface area contributed by atoms with Gasteiger partial charge in [0.05, 0.1) is 20.6 Å². The lowest BCUT2D eigenvalue weighted by Gasteiger charge is -2.38. The van der Waals surface area contributed by atoms with Crippen LogP contribution in [0.2, 0.25) is 0 Å². The molecule has 1 saturated heterocycles. The van der Waals surface area contributed by atoms with Crippen LogP contribution in [-0.4, -0.2) is 39.8 Å². The minimum absolute atomic E-state index is 0.740. The van der Waals surface area contributed by atoms with E-state index < -0.39 is 16.4 Å². The highest BCUT2D eigenvalue weighted by Gasteiger charge is 2.33. The number of rotatable bonds is 6. The second kappa shape index (κ2) is 9.20. The van der Waals surface area contributed by atoms with Crippen LogP contribution >= 0.6 is 11.8 Å². The summed E-state index contributed by atoms with van der Waals surface area (Å²) in [5.41, 5.74) is 2.55. The van der Waals surface area contributed by atoms with Gasteiger partial charge in [0.2, 0.25) is 0 Å². The van der Waals surface area contributed by atoms with Gasteiger partial charge in [-0.1, -0.05) is 54.6 Å². The van der Waals surface area contributed by atoms with Crippen molar-refractivity contribution in [1.29, 1.82) is 0 Å². The van der Waals surface area contributed by atoms with Crippen molar-refractivity contribution in [3.63, 3.8) is 0 Å². The number of aliphatic hydroxyl groups is 1. The molecule has 1 aliphatic rings. The van der Waals surface area contributed by atoms with Crippen molar-refractivity contribution in [2.75, 3.05) is 25.6 Å². The highest BCUT2D eigenvalue weighted by Crippen LogP contribution is 2.33. The largest absolute Gasteiger partial charge is 0.385 e. The molecule has 3 nitrogen and oxygen atoms in total. The Balaban J connectivity index is 1.64. The first-order valence-corrected chi connectivity index (χ1v) is 12.0. The molecule has 0 bridgehead atoms. The van der Waals surface area contributed by atoms with Gasteiger partial charge in [0.1, 0.15) is 0 Å². The van der Waals surface area contributed by atoms with Crippen molar-refractivity contribution in [3.8, 4) is 0 Å². The third kappa shape index (κ3) is 5.32. The van der Waals surface area contributed by atoms with Gasteiger partial charge < -0.3 is 5.11 Å². The average Bonchev–Trinajstić information content (AvgIpc) is 2.69. The van der Waals surface area contributed by atoms with Crippen LogP contribution in [0, 0.1) is 0 Å². The maximum atomic E-state index is 11.7. The Bertz CT molecular complexity index is 795. The lowest BCUT2D eigenvalue weighted by molar-refractivity contribution is -0.0277. The summed E-state index contributed by atoms with van der Waals surface area (Å²) in [6, 6.07) is 18.5. The van der Waals surface area contributed by atoms with E-state index in [0.717, 1.165) is 47.8 Å². The topological polar surface area (TPSA) is 40.5 Å². The monoisotopic (exact) mass is 401 g/mol. The van der Waals surface area contributed by atoms with Crippen LogP contribution in [-0.2, 0) is 22.9 Å². The van der Waals surface area contributed by atoms with Crippen molar-refractivity contribution in [2.45, 2.75) is 25.0 Å². The first-order chi connectivity index (χ1) is 13.0. The Kier molecular flexibility index (Phi) is 6.93. The summed E-state index contributed by atoms with van der Waals surface area (Å²) in [5.74, 6) is 0. The minimum atomic E-state index is -0.974. The maximum absolute atomic E-state index is 11.7. The van der Waals surface area contributed by atoms with Crippen molar-refractivity contribution >= 4 is 28.6 Å². The Morgan fingerprint density at radius 1 is 1.15 bits per heavy atom. The molecule has 0 amide bonds. The predicted molar refractivity (Wildman–Crippen MR) is 117 cm³/mol. The lowest BCUT2D eigenvalue weighted by atomic mass is 9.84. The van der Waals surface area contributed by atoms with Gasteiger partial charge >= 0.3 is 0 Å². The average molecular weight is 402 g/mol. The molecule has 0 aliphatic carbocycles. The molecule has 0 saturated carbocycles. The number of nitrogens with zero attached hydrogens (tertiary/aromatic N) is 1. The van der Waals surface area contributed by atoms with Crippen LogP contribution in [0.25, 0.3) is 6.08 Å². The Labute approximate surface area is 168 Å². The quantitative estimate of drug-likeness (QED) is 0.787. The molecule has 0 radical (unpaired) electrons. The summed E-state index contributed by atoms with van der Waals surface area (Å²) in [5, 5.41) is 11.1. The van der Waals surface area contributed by atoms with Gasteiger partial charge in [0.15, 0.2) is 0 Å². The molecule has 1 N–H and O–H groups in total. The summed E-state index contributed by atoms with van der Waals surface area (Å²) < 4.78 is 12.5. The van der Waals surface area contributed by atoms with E-state index in [2.05, 4.69) is 29.2 Å². The summed E-state index contributed by atoms with van der Waals surface area (Å²) in [6.45, 7) is 2.71. The van der Waals surface area contributed by atoms with Gasteiger partial charge in [-0.05, 0) is 41.9 Å². The molecule has 144 valence electrons. The summed E-state index contributed by atoms with van der Waals surface area (Å²) in [6.07, 6.45) is 7.07. The Morgan fingerprint density at radius 3 is 2.33 bits per heavy atom. The highest BCUT2D eigenvalue weighted by atomic mass is 32.2. The molecule has 5 heteroatoms. The van der Waals surface area contributed by atoms with E-state index in [4.69, 9.17) is 0 Å². The predicted octanol–water partition coefficient (Wildman–Crippen LogP) is 4.21. The van der Waals surface area contributed by atoms with E-state index in [1.807, 2.05) is 42.7 Å². The fourth-order valence-corrected chi connectivity index (χ4v) is 4.99. The second-order valence-electron chi connectivity index (χ2n) is 7.04. The van der Waals surface area contributed by atoms with E-state index in [1.54, 1.807) is 6.26 Å². The standard InChI is InChI=1S/C22H27NO2S2/c1-26-21(27(2)25)16-18-8-10-20(11-9-18)22(24)12-14-23(15-13-22)17-19-6-4-3-5-7-19/h3-11,16,24H,12-15,17H2,1-2H3/b21-16+. The zero-order valence-electron chi connectivity index (χ0n) is 15.9. The van der Waals surface area contributed by atoms with E-state index in [-0.39, 0.29) is 0 Å². The van der Waals surface area contributed by atoms with E-state index >= 15 is 0 Å². The molecule has 1 heterocycles. The van der Waals surface area contributed by atoms with Gasteiger partial charge in [0.25, 0.3) is 0 Å². The number of benzene rings is 2. The van der Waals surface area contributed by atoms with Gasteiger partial charge in [0, 0.05) is 25.9 Å². The van der Waals surface area contributed by atoms with Crippen LogP contribution in [0.1, 0.15) is 29.5 Å². The van der Waals surface area contributed by atoms with E-state index in [0.29, 0.717) is 0 Å². The zero-order valence-corrected chi connectivity index (χ0v) is 17.6. The zero-order chi connectivity index (χ0) is 19.3. The number of thioether (sulfide) groups is 1. The molecule has 3 rings (SSSR count). The molecule has 1 unspecified atom stereocenters. The van der Waals surface area contributed by atoms with Crippen molar-refractivity contribution in [3.05, 3.63) is 75.5 Å². The molecule has 0 aromatic heterocycles. The molecule has 0 spiro atoms. The third-order valence-corrected chi connectivity index (χ3v) is 7.56. The highest BCUT2D eigenvalue weighted by molar-refractivity contribution is 8.16. The SMILES string of the molecule is CS/C(=C\c1ccc(C2(O)CCN(Cc3ccccc3)CC2)cc1)S(C)=O. The Morgan fingerprint density at radius 2 is 1.78 bits per heavy atom.